The Balaban J connectivity index is 1.43. The first-order valence-electron chi connectivity index (χ1n) is 16.6. The lowest BCUT2D eigenvalue weighted by atomic mass is 9.87. The van der Waals surface area contributed by atoms with Crippen molar-refractivity contribution in [1.82, 2.24) is 9.80 Å². The standard InChI is InChI=1S/C45H44N2O/c1-31-11-7-9-13-39(31)43-27-37(23-25-41(43)35-19-15-33(16-20-35)29-46(3)4)45(48)38-24-26-42(36-21-17-34(18-22-36)30-47(5)6)44(28-38)40-14-10-8-12-32(40)2/h7-28H,29-30H2,1-6H3. The summed E-state index contributed by atoms with van der Waals surface area (Å²) < 4.78 is 0. The van der Waals surface area contributed by atoms with Crippen LogP contribution in [0, 0.1) is 13.8 Å². The summed E-state index contributed by atoms with van der Waals surface area (Å²) in [6, 6.07) is 46.7. The third-order valence-electron chi connectivity index (χ3n) is 8.96. The predicted octanol–water partition coefficient (Wildman–Crippen LogP) is 10.3. The SMILES string of the molecule is Cc1ccccc1-c1cc(C(=O)c2ccc(-c3ccc(CN(C)C)cc3)c(-c3ccccc3C)c2)ccc1-c1ccc(CN(C)C)cc1. The van der Waals surface area contributed by atoms with E-state index in [1.807, 2.05) is 12.1 Å². The van der Waals surface area contributed by atoms with Crippen LogP contribution in [0.3, 0.4) is 0 Å². The quantitative estimate of drug-likeness (QED) is 0.141. The van der Waals surface area contributed by atoms with Crippen molar-refractivity contribution in [1.29, 1.82) is 0 Å². The zero-order valence-corrected chi connectivity index (χ0v) is 28.9. The van der Waals surface area contributed by atoms with Gasteiger partial charge in [0.2, 0.25) is 0 Å². The molecule has 0 aliphatic heterocycles. The smallest absolute Gasteiger partial charge is 0.193 e. The van der Waals surface area contributed by atoms with Gasteiger partial charge in [-0.2, -0.15) is 0 Å². The first-order chi connectivity index (χ1) is 23.2. The highest BCUT2D eigenvalue weighted by Crippen LogP contribution is 2.38. The fourth-order valence-corrected chi connectivity index (χ4v) is 6.55. The van der Waals surface area contributed by atoms with Crippen molar-refractivity contribution in [2.24, 2.45) is 0 Å². The lowest BCUT2D eigenvalue weighted by Gasteiger charge is -2.17. The summed E-state index contributed by atoms with van der Waals surface area (Å²) in [5.41, 5.74) is 15.1. The van der Waals surface area contributed by atoms with Crippen molar-refractivity contribution >= 4 is 5.78 Å². The van der Waals surface area contributed by atoms with Crippen LogP contribution in [-0.2, 0) is 13.1 Å². The van der Waals surface area contributed by atoms with Crippen molar-refractivity contribution in [3.63, 3.8) is 0 Å². The van der Waals surface area contributed by atoms with Gasteiger partial charge >= 0.3 is 0 Å². The second-order valence-electron chi connectivity index (χ2n) is 13.3. The minimum Gasteiger partial charge on any atom is -0.305 e. The van der Waals surface area contributed by atoms with Crippen LogP contribution < -0.4 is 0 Å². The Morgan fingerprint density at radius 3 is 1.17 bits per heavy atom. The second kappa shape index (κ2) is 14.4. The van der Waals surface area contributed by atoms with Crippen LogP contribution in [-0.4, -0.2) is 43.8 Å². The number of aryl methyl sites for hydroxylation is 2. The fourth-order valence-electron chi connectivity index (χ4n) is 6.55. The van der Waals surface area contributed by atoms with Gasteiger partial charge < -0.3 is 9.80 Å². The highest BCUT2D eigenvalue weighted by atomic mass is 16.1. The molecule has 0 saturated carbocycles. The number of ketones is 1. The maximum Gasteiger partial charge on any atom is 0.193 e. The minimum absolute atomic E-state index is 0.0143. The Kier molecular flexibility index (Phi) is 9.82. The number of carbonyl (C=O) groups is 1. The van der Waals surface area contributed by atoms with Crippen molar-refractivity contribution < 1.29 is 4.79 Å². The second-order valence-corrected chi connectivity index (χ2v) is 13.3. The van der Waals surface area contributed by atoms with E-state index in [-0.39, 0.29) is 5.78 Å². The average molecular weight is 629 g/mol. The van der Waals surface area contributed by atoms with Crippen LogP contribution in [0.4, 0.5) is 0 Å². The minimum atomic E-state index is 0.0143. The van der Waals surface area contributed by atoms with Gasteiger partial charge in [-0.05, 0) is 121 Å². The van der Waals surface area contributed by atoms with Crippen LogP contribution in [0.15, 0.2) is 133 Å². The first-order valence-corrected chi connectivity index (χ1v) is 16.6. The maximum absolute atomic E-state index is 14.4. The van der Waals surface area contributed by atoms with E-state index in [0.717, 1.165) is 57.6 Å². The van der Waals surface area contributed by atoms with Gasteiger partial charge in [0, 0.05) is 24.2 Å². The third kappa shape index (κ3) is 7.23. The molecule has 240 valence electrons. The predicted molar refractivity (Wildman–Crippen MR) is 202 cm³/mol. The molecular weight excluding hydrogens is 585 g/mol. The number of nitrogens with zero attached hydrogens (tertiary/aromatic N) is 2. The molecular formula is C45H44N2O. The molecule has 0 aliphatic carbocycles. The number of hydrogen-bond donors (Lipinski definition) is 0. The topological polar surface area (TPSA) is 23.6 Å². The molecule has 0 radical (unpaired) electrons. The average Bonchev–Trinajstić information content (AvgIpc) is 3.08. The van der Waals surface area contributed by atoms with Gasteiger partial charge in [0.1, 0.15) is 0 Å². The van der Waals surface area contributed by atoms with E-state index in [0.29, 0.717) is 11.1 Å². The summed E-state index contributed by atoms with van der Waals surface area (Å²) in [7, 11) is 8.34. The van der Waals surface area contributed by atoms with Crippen LogP contribution in [0.25, 0.3) is 44.5 Å². The van der Waals surface area contributed by atoms with E-state index in [2.05, 4.69) is 173 Å². The van der Waals surface area contributed by atoms with Crippen LogP contribution in [0.2, 0.25) is 0 Å². The third-order valence-corrected chi connectivity index (χ3v) is 8.96. The van der Waals surface area contributed by atoms with Crippen LogP contribution >= 0.6 is 0 Å². The molecule has 6 aromatic carbocycles. The zero-order valence-electron chi connectivity index (χ0n) is 28.9. The first kappa shape index (κ1) is 32.8. The lowest BCUT2D eigenvalue weighted by molar-refractivity contribution is 0.103. The van der Waals surface area contributed by atoms with E-state index in [9.17, 15) is 4.79 Å². The molecule has 0 unspecified atom stereocenters. The fraction of sp³-hybridized carbons (Fsp3) is 0.178. The molecule has 6 aromatic rings. The van der Waals surface area contributed by atoms with Gasteiger partial charge in [-0.1, -0.05) is 121 Å². The van der Waals surface area contributed by atoms with Crippen molar-refractivity contribution in [3.05, 3.63) is 167 Å². The van der Waals surface area contributed by atoms with E-state index in [1.54, 1.807) is 0 Å². The van der Waals surface area contributed by atoms with Gasteiger partial charge in [0.15, 0.2) is 5.78 Å². The largest absolute Gasteiger partial charge is 0.305 e. The molecule has 0 N–H and O–H groups in total. The Labute approximate surface area is 286 Å². The molecule has 3 nitrogen and oxygen atoms in total. The van der Waals surface area contributed by atoms with Crippen LogP contribution in [0.1, 0.15) is 38.2 Å². The Morgan fingerprint density at radius 2 is 0.812 bits per heavy atom. The molecule has 0 aliphatic rings. The summed E-state index contributed by atoms with van der Waals surface area (Å²) in [6.07, 6.45) is 0. The number of rotatable bonds is 10. The van der Waals surface area contributed by atoms with Crippen LogP contribution in [0.5, 0.6) is 0 Å². The summed E-state index contributed by atoms with van der Waals surface area (Å²) >= 11 is 0. The summed E-state index contributed by atoms with van der Waals surface area (Å²) in [5, 5.41) is 0. The molecule has 0 saturated heterocycles. The molecule has 0 bridgehead atoms. The van der Waals surface area contributed by atoms with Crippen molar-refractivity contribution in [2.75, 3.05) is 28.2 Å². The number of hydrogen-bond acceptors (Lipinski definition) is 3. The molecule has 6 rings (SSSR count). The molecule has 3 heteroatoms. The normalized spacial score (nSPS) is 11.3. The highest BCUT2D eigenvalue weighted by Gasteiger charge is 2.18. The molecule has 0 atom stereocenters. The van der Waals surface area contributed by atoms with E-state index in [4.69, 9.17) is 0 Å². The highest BCUT2D eigenvalue weighted by molar-refractivity contribution is 6.11. The Hall–Kier alpha value is -5.09. The summed E-state index contributed by atoms with van der Waals surface area (Å²) in [6.45, 7) is 6.05. The molecule has 0 heterocycles. The monoisotopic (exact) mass is 628 g/mol. The molecule has 0 amide bonds. The van der Waals surface area contributed by atoms with Gasteiger partial charge in [-0.3, -0.25) is 4.79 Å². The van der Waals surface area contributed by atoms with Crippen molar-refractivity contribution in [3.8, 4) is 44.5 Å². The summed E-state index contributed by atoms with van der Waals surface area (Å²) in [5.74, 6) is 0.0143. The Morgan fingerprint density at radius 1 is 0.438 bits per heavy atom. The van der Waals surface area contributed by atoms with E-state index in [1.165, 1.54) is 22.3 Å². The van der Waals surface area contributed by atoms with Gasteiger partial charge in [-0.25, -0.2) is 0 Å². The van der Waals surface area contributed by atoms with Gasteiger partial charge in [0.25, 0.3) is 0 Å². The van der Waals surface area contributed by atoms with Crippen molar-refractivity contribution in [2.45, 2.75) is 26.9 Å². The summed E-state index contributed by atoms with van der Waals surface area (Å²) in [4.78, 5) is 18.7. The van der Waals surface area contributed by atoms with Gasteiger partial charge in [-0.15, -0.1) is 0 Å². The molecule has 48 heavy (non-hydrogen) atoms. The lowest BCUT2D eigenvalue weighted by Crippen LogP contribution is -2.10. The molecule has 0 fully saturated rings. The van der Waals surface area contributed by atoms with E-state index < -0.39 is 0 Å². The van der Waals surface area contributed by atoms with E-state index >= 15 is 0 Å². The Bertz CT molecular complexity index is 1910. The van der Waals surface area contributed by atoms with Gasteiger partial charge in [0.05, 0.1) is 0 Å². The molecule has 0 spiro atoms. The maximum atomic E-state index is 14.4. The molecule has 0 aromatic heterocycles. The number of benzene rings is 6. The zero-order chi connectivity index (χ0) is 33.8. The number of carbonyl (C=O) groups excluding carboxylic acids is 1.